The SMILES string of the molecule is CC(/C=C(\[O-])c1ccccc1)=NCCCN=C(C)/C=C(\[O-])c1ccccc1. The lowest BCUT2D eigenvalue weighted by atomic mass is 10.1. The van der Waals surface area contributed by atoms with Crippen LogP contribution < -0.4 is 10.2 Å². The number of benzene rings is 2. The second-order valence-electron chi connectivity index (χ2n) is 6.15. The van der Waals surface area contributed by atoms with Gasteiger partial charge in [-0.2, -0.15) is 0 Å². The lowest BCUT2D eigenvalue weighted by Gasteiger charge is -2.12. The molecule has 0 aliphatic heterocycles. The summed E-state index contributed by atoms with van der Waals surface area (Å²) < 4.78 is 0. The fourth-order valence-corrected chi connectivity index (χ4v) is 2.42. The van der Waals surface area contributed by atoms with Crippen LogP contribution in [0.2, 0.25) is 0 Å². The van der Waals surface area contributed by atoms with Crippen LogP contribution in [0.3, 0.4) is 0 Å². The van der Waals surface area contributed by atoms with Gasteiger partial charge in [0.25, 0.3) is 0 Å². The second kappa shape index (κ2) is 10.8. The van der Waals surface area contributed by atoms with Crippen molar-refractivity contribution in [3.63, 3.8) is 0 Å². The Labute approximate surface area is 161 Å². The molecule has 0 aliphatic carbocycles. The van der Waals surface area contributed by atoms with Gasteiger partial charge in [-0.1, -0.05) is 72.2 Å². The molecule has 0 amide bonds. The minimum Gasteiger partial charge on any atom is -0.872 e. The summed E-state index contributed by atoms with van der Waals surface area (Å²) in [6.07, 6.45) is 3.86. The van der Waals surface area contributed by atoms with E-state index >= 15 is 0 Å². The Morgan fingerprint density at radius 1 is 0.704 bits per heavy atom. The number of allylic oxidation sites excluding steroid dienone is 2. The van der Waals surface area contributed by atoms with E-state index in [0.29, 0.717) is 35.6 Å². The number of hydrogen-bond donors (Lipinski definition) is 0. The first-order valence-electron chi connectivity index (χ1n) is 8.96. The van der Waals surface area contributed by atoms with Crippen molar-refractivity contribution in [2.75, 3.05) is 13.1 Å². The van der Waals surface area contributed by atoms with Gasteiger partial charge >= 0.3 is 0 Å². The van der Waals surface area contributed by atoms with Gasteiger partial charge in [-0.15, -0.1) is 0 Å². The van der Waals surface area contributed by atoms with Gasteiger partial charge in [0.1, 0.15) is 0 Å². The van der Waals surface area contributed by atoms with Crippen molar-refractivity contribution in [1.29, 1.82) is 0 Å². The predicted molar refractivity (Wildman–Crippen MR) is 109 cm³/mol. The van der Waals surface area contributed by atoms with Crippen LogP contribution in [0.4, 0.5) is 0 Å². The fraction of sp³-hybridized carbons (Fsp3) is 0.217. The third kappa shape index (κ3) is 7.32. The summed E-state index contributed by atoms with van der Waals surface area (Å²) in [7, 11) is 0. The van der Waals surface area contributed by atoms with Gasteiger partial charge in [-0.25, -0.2) is 0 Å². The molecule has 0 atom stereocenters. The first-order chi connectivity index (χ1) is 13.1. The Bertz CT molecular complexity index is 764. The molecule has 0 radical (unpaired) electrons. The van der Waals surface area contributed by atoms with E-state index in [-0.39, 0.29) is 11.5 Å². The van der Waals surface area contributed by atoms with Gasteiger partial charge in [0, 0.05) is 24.5 Å². The van der Waals surface area contributed by atoms with Gasteiger partial charge in [0.05, 0.1) is 0 Å². The van der Waals surface area contributed by atoms with Gasteiger partial charge in [0.2, 0.25) is 0 Å². The zero-order chi connectivity index (χ0) is 19.5. The zero-order valence-corrected chi connectivity index (χ0v) is 15.8. The first-order valence-corrected chi connectivity index (χ1v) is 8.96. The lowest BCUT2D eigenvalue weighted by molar-refractivity contribution is -0.244. The highest BCUT2D eigenvalue weighted by atomic mass is 16.3. The Balaban J connectivity index is 1.82. The van der Waals surface area contributed by atoms with Crippen molar-refractivity contribution >= 4 is 22.9 Å². The highest BCUT2D eigenvalue weighted by Gasteiger charge is 1.92. The average molecular weight is 360 g/mol. The standard InChI is InChI=1S/C23H26N2O2/c1-18(16-22(26)20-10-5-3-6-11-20)24-14-9-15-25-19(2)17-23(27)21-12-7-4-8-13-21/h3-8,10-13,16-17,26-27H,9,14-15H2,1-2H3/p-2/b22-16-,23-17-,24-18?,25-19?. The van der Waals surface area contributed by atoms with Crippen LogP contribution in [0.1, 0.15) is 31.4 Å². The molecule has 0 aliphatic rings. The smallest absolute Gasteiger partial charge is 0.0410 e. The molecule has 0 saturated carbocycles. The van der Waals surface area contributed by atoms with Crippen LogP contribution in [0.25, 0.3) is 11.5 Å². The number of rotatable bonds is 8. The molecular formula is C23H24N2O2-2. The van der Waals surface area contributed by atoms with Crippen LogP contribution in [0.15, 0.2) is 82.8 Å². The minimum atomic E-state index is -0.0419. The van der Waals surface area contributed by atoms with Crippen molar-refractivity contribution in [2.24, 2.45) is 9.98 Å². The van der Waals surface area contributed by atoms with E-state index in [1.807, 2.05) is 50.2 Å². The molecule has 2 rings (SSSR count). The van der Waals surface area contributed by atoms with Gasteiger partial charge in [-0.05, 0) is 43.5 Å². The second-order valence-corrected chi connectivity index (χ2v) is 6.15. The van der Waals surface area contributed by atoms with Gasteiger partial charge in [-0.3, -0.25) is 9.98 Å². The monoisotopic (exact) mass is 360 g/mol. The fourth-order valence-electron chi connectivity index (χ4n) is 2.42. The number of aliphatic imine (C=N–C) groups is 2. The van der Waals surface area contributed by atoms with Crippen molar-refractivity contribution in [3.8, 4) is 0 Å². The molecular weight excluding hydrogens is 336 g/mol. The summed E-state index contributed by atoms with van der Waals surface area (Å²) in [6.45, 7) is 4.82. The summed E-state index contributed by atoms with van der Waals surface area (Å²) >= 11 is 0. The van der Waals surface area contributed by atoms with Crippen molar-refractivity contribution in [3.05, 3.63) is 83.9 Å². The molecule has 0 spiro atoms. The average Bonchev–Trinajstić information content (AvgIpc) is 2.69. The Morgan fingerprint density at radius 2 is 1.07 bits per heavy atom. The van der Waals surface area contributed by atoms with E-state index in [9.17, 15) is 10.2 Å². The molecule has 0 bridgehead atoms. The topological polar surface area (TPSA) is 70.8 Å². The van der Waals surface area contributed by atoms with E-state index in [1.165, 1.54) is 0 Å². The maximum Gasteiger partial charge on any atom is 0.0410 e. The van der Waals surface area contributed by atoms with E-state index < -0.39 is 0 Å². The molecule has 0 saturated heterocycles. The third-order valence-electron chi connectivity index (χ3n) is 3.84. The predicted octanol–water partition coefficient (Wildman–Crippen LogP) is 3.10. The highest BCUT2D eigenvalue weighted by Crippen LogP contribution is 2.08. The zero-order valence-electron chi connectivity index (χ0n) is 15.8. The maximum atomic E-state index is 12.1. The normalized spacial score (nSPS) is 13.7. The molecule has 0 aromatic heterocycles. The maximum absolute atomic E-state index is 12.1. The molecule has 2 aromatic carbocycles. The van der Waals surface area contributed by atoms with Gasteiger partial charge < -0.3 is 10.2 Å². The third-order valence-corrected chi connectivity index (χ3v) is 3.84. The summed E-state index contributed by atoms with van der Waals surface area (Å²) in [5, 5.41) is 24.1. The Morgan fingerprint density at radius 3 is 1.44 bits per heavy atom. The van der Waals surface area contributed by atoms with E-state index in [1.54, 1.807) is 36.4 Å². The molecule has 4 heteroatoms. The van der Waals surface area contributed by atoms with Crippen LogP contribution >= 0.6 is 0 Å². The van der Waals surface area contributed by atoms with Crippen LogP contribution in [0.5, 0.6) is 0 Å². The Kier molecular flexibility index (Phi) is 8.04. The van der Waals surface area contributed by atoms with E-state index in [2.05, 4.69) is 9.98 Å². The quantitative estimate of drug-likeness (QED) is 0.412. The molecule has 0 heterocycles. The van der Waals surface area contributed by atoms with Crippen molar-refractivity contribution < 1.29 is 10.2 Å². The molecule has 0 fully saturated rings. The first kappa shape index (κ1) is 20.2. The molecule has 0 N–H and O–H groups in total. The van der Waals surface area contributed by atoms with Crippen LogP contribution in [-0.4, -0.2) is 24.5 Å². The minimum absolute atomic E-state index is 0.0419. The van der Waals surface area contributed by atoms with Crippen molar-refractivity contribution in [2.45, 2.75) is 20.3 Å². The molecule has 4 nitrogen and oxygen atoms in total. The molecule has 27 heavy (non-hydrogen) atoms. The van der Waals surface area contributed by atoms with Crippen LogP contribution in [0, 0.1) is 0 Å². The summed E-state index contributed by atoms with van der Waals surface area (Å²) in [6, 6.07) is 18.3. The largest absolute Gasteiger partial charge is 0.872 e. The Hall–Kier alpha value is -3.14. The van der Waals surface area contributed by atoms with Crippen molar-refractivity contribution in [1.82, 2.24) is 0 Å². The lowest BCUT2D eigenvalue weighted by Crippen LogP contribution is -2.05. The molecule has 0 unspecified atom stereocenters. The highest BCUT2D eigenvalue weighted by molar-refractivity contribution is 5.98. The number of nitrogens with zero attached hydrogens (tertiary/aromatic N) is 2. The summed E-state index contributed by atoms with van der Waals surface area (Å²) in [5.41, 5.74) is 2.72. The van der Waals surface area contributed by atoms with E-state index in [4.69, 9.17) is 0 Å². The van der Waals surface area contributed by atoms with Crippen LogP contribution in [-0.2, 0) is 0 Å². The molecule has 2 aromatic rings. The van der Waals surface area contributed by atoms with E-state index in [0.717, 1.165) is 6.42 Å². The summed E-state index contributed by atoms with van der Waals surface area (Å²) in [4.78, 5) is 8.78. The van der Waals surface area contributed by atoms with Gasteiger partial charge in [0.15, 0.2) is 0 Å². The number of hydrogen-bond acceptors (Lipinski definition) is 4. The summed E-state index contributed by atoms with van der Waals surface area (Å²) in [5.74, 6) is -0.0838. The molecule has 140 valence electrons.